The molecule has 0 bridgehead atoms. The number of benzene rings is 2. The Morgan fingerprint density at radius 3 is 2.47 bits per heavy atom. The predicted octanol–water partition coefficient (Wildman–Crippen LogP) is 4.82. The van der Waals surface area contributed by atoms with E-state index < -0.39 is 10.8 Å². The zero-order valence-electron chi connectivity index (χ0n) is 14.8. The van der Waals surface area contributed by atoms with Gasteiger partial charge in [-0.15, -0.1) is 11.3 Å². The lowest BCUT2D eigenvalue weighted by Gasteiger charge is -2.01. The number of carbonyl (C=O) groups excluding carboxylic acids is 2. The van der Waals surface area contributed by atoms with Crippen molar-refractivity contribution >= 4 is 72.3 Å². The lowest BCUT2D eigenvalue weighted by atomic mass is 10.2. The number of hydrogen-bond acceptors (Lipinski definition) is 8. The number of carbonyl (C=O) groups is 2. The van der Waals surface area contributed by atoms with Crippen molar-refractivity contribution < 1.29 is 14.5 Å². The zero-order valence-corrected chi connectivity index (χ0v) is 17.2. The first-order valence-corrected chi connectivity index (χ1v) is 10.4. The van der Waals surface area contributed by atoms with E-state index in [0.717, 1.165) is 22.7 Å². The van der Waals surface area contributed by atoms with Crippen molar-refractivity contribution in [1.82, 2.24) is 9.97 Å². The molecule has 0 fully saturated rings. The van der Waals surface area contributed by atoms with Crippen molar-refractivity contribution in [2.45, 2.75) is 0 Å². The van der Waals surface area contributed by atoms with Gasteiger partial charge in [0, 0.05) is 28.1 Å². The molecule has 2 amide bonds. The summed E-state index contributed by atoms with van der Waals surface area (Å²) in [6.45, 7) is 0. The number of anilines is 2. The van der Waals surface area contributed by atoms with Crippen LogP contribution in [0.3, 0.4) is 0 Å². The first-order chi connectivity index (χ1) is 14.4. The fourth-order valence-electron chi connectivity index (χ4n) is 2.45. The highest BCUT2D eigenvalue weighted by atomic mass is 35.5. The van der Waals surface area contributed by atoms with Gasteiger partial charge < -0.3 is 0 Å². The standard InChI is InChI=1S/C18H10ClN5O4S2/c19-10-3-1-9(2-4-10)15(25)22-17-21-13(8-29-17)16(26)23-18-20-12-6-5-11(24(27)28)7-14(12)30-18/h1-8H,(H,20,23,26)(H,21,22,25). The Hall–Kier alpha value is -3.41. The molecule has 0 radical (unpaired) electrons. The van der Waals surface area contributed by atoms with Crippen LogP contribution < -0.4 is 10.6 Å². The molecule has 150 valence electrons. The highest BCUT2D eigenvalue weighted by Crippen LogP contribution is 2.29. The van der Waals surface area contributed by atoms with Crippen molar-refractivity contribution in [3.63, 3.8) is 0 Å². The maximum absolute atomic E-state index is 12.4. The summed E-state index contributed by atoms with van der Waals surface area (Å²) in [6.07, 6.45) is 0. The molecule has 2 aromatic carbocycles. The van der Waals surface area contributed by atoms with Gasteiger partial charge in [0.05, 0.1) is 15.1 Å². The Kier molecular flexibility index (Phi) is 5.40. The molecule has 0 aliphatic heterocycles. The van der Waals surface area contributed by atoms with Gasteiger partial charge in [-0.25, -0.2) is 9.97 Å². The van der Waals surface area contributed by atoms with Crippen molar-refractivity contribution in [2.75, 3.05) is 10.6 Å². The number of nitro benzene ring substituents is 1. The predicted molar refractivity (Wildman–Crippen MR) is 116 cm³/mol. The molecular weight excluding hydrogens is 450 g/mol. The Morgan fingerprint density at radius 2 is 1.73 bits per heavy atom. The van der Waals surface area contributed by atoms with Crippen LogP contribution in [-0.2, 0) is 0 Å². The fourth-order valence-corrected chi connectivity index (χ4v) is 4.15. The maximum Gasteiger partial charge on any atom is 0.276 e. The van der Waals surface area contributed by atoms with Gasteiger partial charge in [0.15, 0.2) is 10.3 Å². The lowest BCUT2D eigenvalue weighted by molar-refractivity contribution is -0.384. The Bertz CT molecular complexity index is 1290. The number of nitrogens with zero attached hydrogens (tertiary/aromatic N) is 3. The van der Waals surface area contributed by atoms with Crippen LogP contribution >= 0.6 is 34.3 Å². The van der Waals surface area contributed by atoms with E-state index in [2.05, 4.69) is 20.6 Å². The summed E-state index contributed by atoms with van der Waals surface area (Å²) in [6, 6.07) is 10.6. The van der Waals surface area contributed by atoms with Gasteiger partial charge in [-0.05, 0) is 30.3 Å². The topological polar surface area (TPSA) is 127 Å². The molecule has 2 N–H and O–H groups in total. The number of nitro groups is 1. The Balaban J connectivity index is 1.45. The Morgan fingerprint density at radius 1 is 1.00 bits per heavy atom. The summed E-state index contributed by atoms with van der Waals surface area (Å²) < 4.78 is 0.577. The molecule has 0 unspecified atom stereocenters. The molecule has 9 nitrogen and oxygen atoms in total. The molecule has 0 spiro atoms. The summed E-state index contributed by atoms with van der Waals surface area (Å²) in [5.41, 5.74) is 1.00. The minimum atomic E-state index is -0.508. The highest BCUT2D eigenvalue weighted by molar-refractivity contribution is 7.22. The summed E-state index contributed by atoms with van der Waals surface area (Å²) >= 11 is 8.03. The summed E-state index contributed by atoms with van der Waals surface area (Å²) in [5, 5.41) is 18.7. The molecule has 4 aromatic rings. The van der Waals surface area contributed by atoms with Gasteiger partial charge in [-0.3, -0.25) is 30.3 Å². The molecule has 0 atom stereocenters. The second-order valence-corrected chi connectivity index (χ2v) is 8.21. The number of fused-ring (bicyclic) bond motifs is 1. The first-order valence-electron chi connectivity index (χ1n) is 8.28. The zero-order chi connectivity index (χ0) is 21.3. The van der Waals surface area contributed by atoms with Crippen LogP contribution in [0.5, 0.6) is 0 Å². The van der Waals surface area contributed by atoms with E-state index in [1.165, 1.54) is 23.6 Å². The number of thiazole rings is 2. The third-order valence-electron chi connectivity index (χ3n) is 3.87. The van der Waals surface area contributed by atoms with E-state index in [1.807, 2.05) is 0 Å². The minimum Gasteiger partial charge on any atom is -0.298 e. The second-order valence-electron chi connectivity index (χ2n) is 5.88. The second kappa shape index (κ2) is 8.14. The van der Waals surface area contributed by atoms with Gasteiger partial charge in [0.2, 0.25) is 0 Å². The Labute approximate surface area is 181 Å². The number of halogens is 1. The third-order valence-corrected chi connectivity index (χ3v) is 5.81. The first kappa shape index (κ1) is 19.9. The van der Waals surface area contributed by atoms with E-state index in [9.17, 15) is 19.7 Å². The van der Waals surface area contributed by atoms with Gasteiger partial charge in [-0.1, -0.05) is 22.9 Å². The minimum absolute atomic E-state index is 0.0513. The van der Waals surface area contributed by atoms with Crippen LogP contribution in [-0.4, -0.2) is 26.7 Å². The molecule has 0 aliphatic rings. The van der Waals surface area contributed by atoms with E-state index in [0.29, 0.717) is 20.8 Å². The van der Waals surface area contributed by atoms with Gasteiger partial charge in [-0.2, -0.15) is 0 Å². The average Bonchev–Trinajstić information content (AvgIpc) is 3.34. The molecule has 12 heteroatoms. The van der Waals surface area contributed by atoms with Crippen LogP contribution in [0.25, 0.3) is 10.2 Å². The normalized spacial score (nSPS) is 10.7. The molecule has 2 heterocycles. The molecular formula is C18H10ClN5O4S2. The van der Waals surface area contributed by atoms with E-state index in [-0.39, 0.29) is 27.6 Å². The van der Waals surface area contributed by atoms with Crippen molar-refractivity contribution in [3.05, 3.63) is 74.2 Å². The van der Waals surface area contributed by atoms with Gasteiger partial charge in [0.25, 0.3) is 17.5 Å². The quantitative estimate of drug-likeness (QED) is 0.325. The lowest BCUT2D eigenvalue weighted by Crippen LogP contribution is -2.14. The molecule has 4 rings (SSSR count). The number of amides is 2. The van der Waals surface area contributed by atoms with E-state index in [4.69, 9.17) is 11.6 Å². The van der Waals surface area contributed by atoms with Crippen LogP contribution in [0.15, 0.2) is 47.8 Å². The van der Waals surface area contributed by atoms with E-state index >= 15 is 0 Å². The van der Waals surface area contributed by atoms with Gasteiger partial charge >= 0.3 is 0 Å². The van der Waals surface area contributed by atoms with Crippen molar-refractivity contribution in [2.24, 2.45) is 0 Å². The van der Waals surface area contributed by atoms with Crippen LogP contribution in [0, 0.1) is 10.1 Å². The average molecular weight is 460 g/mol. The third kappa shape index (κ3) is 4.27. The van der Waals surface area contributed by atoms with Crippen LogP contribution in [0.1, 0.15) is 20.8 Å². The van der Waals surface area contributed by atoms with Crippen molar-refractivity contribution in [1.29, 1.82) is 0 Å². The molecule has 0 aliphatic carbocycles. The summed E-state index contributed by atoms with van der Waals surface area (Å²) in [5.74, 6) is -0.882. The van der Waals surface area contributed by atoms with Crippen LogP contribution in [0.2, 0.25) is 5.02 Å². The number of nitrogens with one attached hydrogen (secondary N) is 2. The number of rotatable bonds is 5. The molecule has 0 saturated heterocycles. The maximum atomic E-state index is 12.4. The summed E-state index contributed by atoms with van der Waals surface area (Å²) in [7, 11) is 0. The molecule has 30 heavy (non-hydrogen) atoms. The fraction of sp³-hybridized carbons (Fsp3) is 0. The number of non-ortho nitro benzene ring substituents is 1. The monoisotopic (exact) mass is 459 g/mol. The smallest absolute Gasteiger partial charge is 0.276 e. The SMILES string of the molecule is O=C(Nc1nc(C(=O)Nc2nc3ccc([N+](=O)[O-])cc3s2)cs1)c1ccc(Cl)cc1. The highest BCUT2D eigenvalue weighted by Gasteiger charge is 2.16. The van der Waals surface area contributed by atoms with Crippen LogP contribution in [0.4, 0.5) is 16.0 Å². The molecule has 0 saturated carbocycles. The summed E-state index contributed by atoms with van der Waals surface area (Å²) in [4.78, 5) is 43.4. The largest absolute Gasteiger partial charge is 0.298 e. The molecule has 2 aromatic heterocycles. The van der Waals surface area contributed by atoms with Crippen molar-refractivity contribution in [3.8, 4) is 0 Å². The van der Waals surface area contributed by atoms with E-state index in [1.54, 1.807) is 24.3 Å². The van der Waals surface area contributed by atoms with Gasteiger partial charge in [0.1, 0.15) is 5.69 Å². The number of hydrogen-bond donors (Lipinski definition) is 2. The number of aromatic nitrogens is 2.